The largest absolute Gasteiger partial charge is 0.372 e. The van der Waals surface area contributed by atoms with Crippen molar-refractivity contribution in [3.8, 4) is 11.1 Å². The third-order valence-electron chi connectivity index (χ3n) is 3.28. The van der Waals surface area contributed by atoms with Gasteiger partial charge in [-0.1, -0.05) is 0 Å². The molecule has 1 aliphatic rings. The molecule has 4 heteroatoms. The maximum atomic E-state index is 14.0. The normalized spacial score (nSPS) is 14.2. The lowest BCUT2D eigenvalue weighted by atomic mass is 10.0. The topological polar surface area (TPSA) is 21.1 Å². The molecule has 0 fully saturated rings. The fraction of sp³-hybridized carbons (Fsp3) is 0.308. The van der Waals surface area contributed by atoms with Gasteiger partial charge in [0.05, 0.1) is 11.9 Å². The van der Waals surface area contributed by atoms with Crippen molar-refractivity contribution in [1.29, 1.82) is 0 Å². The summed E-state index contributed by atoms with van der Waals surface area (Å²) in [4.78, 5) is 1.97. The van der Waals surface area contributed by atoms with Crippen LogP contribution < -0.4 is 4.90 Å². The molecule has 0 spiro atoms. The second-order valence-corrected chi connectivity index (χ2v) is 4.54. The lowest BCUT2D eigenvalue weighted by Gasteiger charge is -2.13. The molecule has 0 atom stereocenters. The predicted octanol–water partition coefficient (Wildman–Crippen LogP) is 2.22. The van der Waals surface area contributed by atoms with Gasteiger partial charge in [0.2, 0.25) is 0 Å². The Hall–Kier alpha value is -1.84. The first-order chi connectivity index (χ1) is 8.15. The number of aryl methyl sites for hydroxylation is 1. The standard InChI is InChI=1S/C13H14FN3/c1-16-4-3-9-5-10(6-12(14)13(9)16)11-7-15-17(2)8-11/h5-8H,3-4H2,1-2H3. The van der Waals surface area contributed by atoms with Crippen LogP contribution in [0, 0.1) is 5.82 Å². The maximum absolute atomic E-state index is 14.0. The fourth-order valence-electron chi connectivity index (χ4n) is 2.41. The van der Waals surface area contributed by atoms with E-state index in [1.807, 2.05) is 25.2 Å². The maximum Gasteiger partial charge on any atom is 0.147 e. The molecular formula is C13H14FN3. The number of hydrogen-bond acceptors (Lipinski definition) is 2. The van der Waals surface area contributed by atoms with Crippen molar-refractivity contribution in [3.05, 3.63) is 35.9 Å². The Morgan fingerprint density at radius 2 is 2.06 bits per heavy atom. The number of fused-ring (bicyclic) bond motifs is 1. The summed E-state index contributed by atoms with van der Waals surface area (Å²) in [5.74, 6) is -0.138. The van der Waals surface area contributed by atoms with Gasteiger partial charge in [0, 0.05) is 32.4 Å². The van der Waals surface area contributed by atoms with E-state index in [9.17, 15) is 4.39 Å². The van der Waals surface area contributed by atoms with Gasteiger partial charge in [-0.2, -0.15) is 5.10 Å². The Bertz CT molecular complexity index is 574. The molecule has 0 saturated carbocycles. The van der Waals surface area contributed by atoms with Gasteiger partial charge < -0.3 is 4.90 Å². The van der Waals surface area contributed by atoms with E-state index in [-0.39, 0.29) is 5.82 Å². The molecule has 0 aliphatic carbocycles. The van der Waals surface area contributed by atoms with Crippen LogP contribution in [0.2, 0.25) is 0 Å². The summed E-state index contributed by atoms with van der Waals surface area (Å²) in [5.41, 5.74) is 3.71. The average molecular weight is 231 g/mol. The first-order valence-corrected chi connectivity index (χ1v) is 5.68. The number of anilines is 1. The van der Waals surface area contributed by atoms with Crippen LogP contribution in [0.15, 0.2) is 24.5 Å². The molecule has 2 heterocycles. The summed E-state index contributed by atoms with van der Waals surface area (Å²) in [6.07, 6.45) is 4.58. The Balaban J connectivity index is 2.12. The van der Waals surface area contributed by atoms with E-state index >= 15 is 0 Å². The number of likely N-dealkylation sites (N-methyl/N-ethyl adjacent to an activating group) is 1. The van der Waals surface area contributed by atoms with E-state index in [0.717, 1.165) is 35.3 Å². The van der Waals surface area contributed by atoms with E-state index in [4.69, 9.17) is 0 Å². The van der Waals surface area contributed by atoms with Crippen LogP contribution in [0.5, 0.6) is 0 Å². The molecule has 3 rings (SSSR count). The van der Waals surface area contributed by atoms with Crippen molar-refractivity contribution < 1.29 is 4.39 Å². The second kappa shape index (κ2) is 3.58. The molecule has 2 aromatic rings. The number of hydrogen-bond donors (Lipinski definition) is 0. The molecule has 0 unspecified atom stereocenters. The lowest BCUT2D eigenvalue weighted by molar-refractivity contribution is 0.627. The van der Waals surface area contributed by atoms with Gasteiger partial charge in [-0.05, 0) is 29.7 Å². The summed E-state index contributed by atoms with van der Waals surface area (Å²) in [6, 6.07) is 3.66. The summed E-state index contributed by atoms with van der Waals surface area (Å²) in [6.45, 7) is 0.892. The van der Waals surface area contributed by atoms with Gasteiger partial charge in [-0.15, -0.1) is 0 Å². The molecule has 3 nitrogen and oxygen atoms in total. The number of nitrogens with zero attached hydrogens (tertiary/aromatic N) is 3. The SMILES string of the molecule is CN1CCc2cc(-c3cnn(C)c3)cc(F)c21. The summed E-state index contributed by atoms with van der Waals surface area (Å²) in [5, 5.41) is 4.11. The average Bonchev–Trinajstić information content (AvgIpc) is 2.86. The number of rotatable bonds is 1. The number of halogens is 1. The first-order valence-electron chi connectivity index (χ1n) is 5.68. The minimum atomic E-state index is -0.138. The van der Waals surface area contributed by atoms with Gasteiger partial charge >= 0.3 is 0 Å². The lowest BCUT2D eigenvalue weighted by Crippen LogP contribution is -2.13. The predicted molar refractivity (Wildman–Crippen MR) is 65.6 cm³/mol. The molecule has 88 valence electrons. The van der Waals surface area contributed by atoms with Gasteiger partial charge in [0.15, 0.2) is 0 Å². The molecule has 0 saturated heterocycles. The van der Waals surface area contributed by atoms with Gasteiger partial charge in [-0.25, -0.2) is 4.39 Å². The molecule has 1 aromatic heterocycles. The zero-order valence-electron chi connectivity index (χ0n) is 9.94. The Morgan fingerprint density at radius 1 is 1.24 bits per heavy atom. The Kier molecular flexibility index (Phi) is 2.18. The highest BCUT2D eigenvalue weighted by molar-refractivity contribution is 5.70. The van der Waals surface area contributed by atoms with Crippen molar-refractivity contribution in [1.82, 2.24) is 9.78 Å². The summed E-state index contributed by atoms with van der Waals surface area (Å²) < 4.78 is 15.8. The van der Waals surface area contributed by atoms with E-state index in [1.54, 1.807) is 16.9 Å². The molecule has 0 radical (unpaired) electrons. The molecule has 0 bridgehead atoms. The molecule has 1 aliphatic heterocycles. The van der Waals surface area contributed by atoms with E-state index in [2.05, 4.69) is 11.2 Å². The Labute approximate surface area is 99.5 Å². The van der Waals surface area contributed by atoms with E-state index in [0.29, 0.717) is 0 Å². The highest BCUT2D eigenvalue weighted by atomic mass is 19.1. The van der Waals surface area contributed by atoms with Gasteiger partial charge in [-0.3, -0.25) is 4.68 Å². The molecular weight excluding hydrogens is 217 g/mol. The van der Waals surface area contributed by atoms with Crippen molar-refractivity contribution in [2.75, 3.05) is 18.5 Å². The number of aromatic nitrogens is 2. The smallest absolute Gasteiger partial charge is 0.147 e. The van der Waals surface area contributed by atoms with Crippen molar-refractivity contribution in [3.63, 3.8) is 0 Å². The molecule has 1 aromatic carbocycles. The first kappa shape index (κ1) is 10.3. The highest BCUT2D eigenvalue weighted by Crippen LogP contribution is 2.34. The van der Waals surface area contributed by atoms with Crippen LogP contribution >= 0.6 is 0 Å². The Morgan fingerprint density at radius 3 is 2.76 bits per heavy atom. The van der Waals surface area contributed by atoms with Crippen molar-refractivity contribution in [2.24, 2.45) is 7.05 Å². The summed E-state index contributed by atoms with van der Waals surface area (Å²) in [7, 11) is 3.79. The van der Waals surface area contributed by atoms with Crippen LogP contribution in [0.4, 0.5) is 10.1 Å². The number of benzene rings is 1. The van der Waals surface area contributed by atoms with Gasteiger partial charge in [0.1, 0.15) is 5.82 Å². The highest BCUT2D eigenvalue weighted by Gasteiger charge is 2.21. The molecule has 0 N–H and O–H groups in total. The van der Waals surface area contributed by atoms with Crippen LogP contribution in [0.25, 0.3) is 11.1 Å². The molecule has 0 amide bonds. The minimum Gasteiger partial charge on any atom is -0.372 e. The third kappa shape index (κ3) is 1.60. The molecule has 17 heavy (non-hydrogen) atoms. The van der Waals surface area contributed by atoms with E-state index in [1.165, 1.54) is 0 Å². The van der Waals surface area contributed by atoms with E-state index < -0.39 is 0 Å². The second-order valence-electron chi connectivity index (χ2n) is 4.54. The zero-order chi connectivity index (χ0) is 12.0. The van der Waals surface area contributed by atoms with Crippen LogP contribution in [-0.4, -0.2) is 23.4 Å². The van der Waals surface area contributed by atoms with Crippen molar-refractivity contribution >= 4 is 5.69 Å². The third-order valence-corrected chi connectivity index (χ3v) is 3.28. The fourth-order valence-corrected chi connectivity index (χ4v) is 2.41. The van der Waals surface area contributed by atoms with Gasteiger partial charge in [0.25, 0.3) is 0 Å². The monoisotopic (exact) mass is 231 g/mol. The van der Waals surface area contributed by atoms with Crippen LogP contribution in [0.3, 0.4) is 0 Å². The van der Waals surface area contributed by atoms with Crippen molar-refractivity contribution in [2.45, 2.75) is 6.42 Å². The minimum absolute atomic E-state index is 0.138. The van der Waals surface area contributed by atoms with Crippen LogP contribution in [0.1, 0.15) is 5.56 Å². The van der Waals surface area contributed by atoms with Crippen LogP contribution in [-0.2, 0) is 13.5 Å². The quantitative estimate of drug-likeness (QED) is 0.750. The zero-order valence-corrected chi connectivity index (χ0v) is 9.94. The summed E-state index contributed by atoms with van der Waals surface area (Å²) >= 11 is 0.